The third-order valence-electron chi connectivity index (χ3n) is 5.38. The third kappa shape index (κ3) is 6.17. The van der Waals surface area contributed by atoms with E-state index in [2.05, 4.69) is 48.2 Å². The van der Waals surface area contributed by atoms with Crippen LogP contribution in [0.3, 0.4) is 0 Å². The lowest BCUT2D eigenvalue weighted by atomic mass is 10.0. The van der Waals surface area contributed by atoms with E-state index in [9.17, 15) is 4.79 Å². The summed E-state index contributed by atoms with van der Waals surface area (Å²) >= 11 is 0. The van der Waals surface area contributed by atoms with Crippen LogP contribution in [0.5, 0.6) is 5.75 Å². The molecule has 0 fully saturated rings. The second-order valence-electron chi connectivity index (χ2n) is 8.46. The van der Waals surface area contributed by atoms with Gasteiger partial charge in [0, 0.05) is 43.2 Å². The smallest absolute Gasteiger partial charge is 0.254 e. The summed E-state index contributed by atoms with van der Waals surface area (Å²) in [6.45, 7) is 8.59. The zero-order valence-electron chi connectivity index (χ0n) is 19.8. The molecule has 1 amide bonds. The van der Waals surface area contributed by atoms with Crippen molar-refractivity contribution in [2.45, 2.75) is 40.5 Å². The number of nitrogens with zero attached hydrogens (tertiary/aromatic N) is 3. The molecule has 1 heterocycles. The normalized spacial score (nSPS) is 10.9. The largest absolute Gasteiger partial charge is 0.488 e. The quantitative estimate of drug-likeness (QED) is 0.478. The van der Waals surface area contributed by atoms with Crippen molar-refractivity contribution in [1.29, 1.82) is 0 Å². The average Bonchev–Trinajstić information content (AvgIpc) is 2.77. The Morgan fingerprint density at radius 2 is 1.56 bits per heavy atom. The van der Waals surface area contributed by atoms with Gasteiger partial charge >= 0.3 is 0 Å². The maximum absolute atomic E-state index is 13.3. The molecule has 3 aromatic rings. The van der Waals surface area contributed by atoms with Gasteiger partial charge in [-0.1, -0.05) is 30.3 Å². The lowest BCUT2D eigenvalue weighted by Crippen LogP contribution is -2.30. The van der Waals surface area contributed by atoms with Crippen molar-refractivity contribution in [2.24, 2.45) is 0 Å². The Balaban J connectivity index is 1.70. The van der Waals surface area contributed by atoms with Gasteiger partial charge in [0.1, 0.15) is 12.4 Å². The van der Waals surface area contributed by atoms with E-state index >= 15 is 0 Å². The molecule has 32 heavy (non-hydrogen) atoms. The van der Waals surface area contributed by atoms with Crippen LogP contribution in [0.4, 0.5) is 0 Å². The number of aryl methyl sites for hydroxylation is 2. The fraction of sp³-hybridized carbons (Fsp3) is 0.333. The van der Waals surface area contributed by atoms with Gasteiger partial charge in [0.2, 0.25) is 0 Å². The predicted molar refractivity (Wildman–Crippen MR) is 129 cm³/mol. The van der Waals surface area contributed by atoms with E-state index in [1.165, 1.54) is 5.56 Å². The first kappa shape index (κ1) is 23.5. The number of hydrogen-bond donors (Lipinski definition) is 0. The van der Waals surface area contributed by atoms with Gasteiger partial charge in [-0.25, -0.2) is 0 Å². The number of aromatic nitrogens is 1. The van der Waals surface area contributed by atoms with E-state index in [1.807, 2.05) is 49.9 Å². The molecular weight excluding hydrogens is 398 g/mol. The van der Waals surface area contributed by atoms with Crippen LogP contribution in [0.15, 0.2) is 60.9 Å². The molecular formula is C27H33N3O2. The van der Waals surface area contributed by atoms with Crippen molar-refractivity contribution < 1.29 is 9.53 Å². The molecule has 3 rings (SSSR count). The highest BCUT2D eigenvalue weighted by atomic mass is 16.5. The Morgan fingerprint density at radius 1 is 0.938 bits per heavy atom. The van der Waals surface area contributed by atoms with Crippen LogP contribution in [0.25, 0.3) is 0 Å². The molecule has 1 aromatic heterocycles. The van der Waals surface area contributed by atoms with Gasteiger partial charge < -0.3 is 14.5 Å². The lowest BCUT2D eigenvalue weighted by Gasteiger charge is -2.22. The van der Waals surface area contributed by atoms with Crippen LogP contribution in [-0.2, 0) is 19.7 Å². The molecule has 0 unspecified atom stereocenters. The summed E-state index contributed by atoms with van der Waals surface area (Å²) in [7, 11) is 4.12. The molecule has 5 nitrogen and oxygen atoms in total. The maximum atomic E-state index is 13.3. The minimum Gasteiger partial charge on any atom is -0.488 e. The van der Waals surface area contributed by atoms with Crippen molar-refractivity contribution in [1.82, 2.24) is 14.8 Å². The number of rotatable bonds is 9. The number of pyridine rings is 1. The molecule has 0 atom stereocenters. The molecule has 168 valence electrons. The van der Waals surface area contributed by atoms with Crippen LogP contribution in [-0.4, -0.2) is 41.3 Å². The van der Waals surface area contributed by atoms with Crippen molar-refractivity contribution in [3.63, 3.8) is 0 Å². The molecule has 0 aliphatic carbocycles. The fourth-order valence-electron chi connectivity index (χ4n) is 3.79. The Labute approximate surface area is 191 Å². The molecule has 0 radical (unpaired) electrons. The highest BCUT2D eigenvalue weighted by molar-refractivity contribution is 5.95. The van der Waals surface area contributed by atoms with E-state index in [0.717, 1.165) is 34.5 Å². The number of benzene rings is 2. The summed E-state index contributed by atoms with van der Waals surface area (Å²) in [5, 5.41) is 0. The zero-order valence-corrected chi connectivity index (χ0v) is 19.8. The Kier molecular flexibility index (Phi) is 8.01. The highest BCUT2D eigenvalue weighted by Gasteiger charge is 2.17. The number of amides is 1. The Bertz CT molecular complexity index is 1010. The number of carbonyl (C=O) groups is 1. The minimum atomic E-state index is 0.0369. The van der Waals surface area contributed by atoms with Crippen molar-refractivity contribution in [2.75, 3.05) is 20.6 Å². The molecule has 2 aromatic carbocycles. The third-order valence-corrected chi connectivity index (χ3v) is 5.38. The zero-order chi connectivity index (χ0) is 23.1. The van der Waals surface area contributed by atoms with Crippen LogP contribution in [0.2, 0.25) is 0 Å². The lowest BCUT2D eigenvalue weighted by molar-refractivity contribution is 0.0752. The van der Waals surface area contributed by atoms with Crippen LogP contribution in [0.1, 0.15) is 45.1 Å². The Hall–Kier alpha value is -3.18. The summed E-state index contributed by atoms with van der Waals surface area (Å²) in [4.78, 5) is 21.4. The molecule has 5 heteroatoms. The van der Waals surface area contributed by atoms with Crippen LogP contribution < -0.4 is 4.74 Å². The first-order chi connectivity index (χ1) is 15.4. The molecule has 0 N–H and O–H groups in total. The highest BCUT2D eigenvalue weighted by Crippen LogP contribution is 2.27. The number of ether oxygens (including phenoxy) is 1. The fourth-order valence-corrected chi connectivity index (χ4v) is 3.79. The standard InChI is InChI=1S/C27H33N3O2/c1-6-30(18-23-11-9-22(10-12-23)17-29(4)5)27(31)25-14-20(2)26(21(3)15-25)32-19-24-8-7-13-28-16-24/h7-16H,6,17-19H2,1-5H3. The van der Waals surface area contributed by atoms with Crippen molar-refractivity contribution in [3.8, 4) is 5.75 Å². The van der Waals surface area contributed by atoms with E-state index in [0.29, 0.717) is 25.3 Å². The van der Waals surface area contributed by atoms with Gasteiger partial charge in [-0.15, -0.1) is 0 Å². The van der Waals surface area contributed by atoms with E-state index in [4.69, 9.17) is 4.74 Å². The molecule has 0 saturated heterocycles. The number of hydrogen-bond acceptors (Lipinski definition) is 4. The van der Waals surface area contributed by atoms with E-state index in [1.54, 1.807) is 12.4 Å². The van der Waals surface area contributed by atoms with Gasteiger partial charge in [0.05, 0.1) is 0 Å². The van der Waals surface area contributed by atoms with Crippen LogP contribution in [0, 0.1) is 13.8 Å². The molecule has 0 bridgehead atoms. The van der Waals surface area contributed by atoms with Gasteiger partial charge in [-0.2, -0.15) is 0 Å². The van der Waals surface area contributed by atoms with Gasteiger partial charge in [-0.05, 0) is 75.3 Å². The first-order valence-electron chi connectivity index (χ1n) is 11.0. The van der Waals surface area contributed by atoms with Gasteiger partial charge in [0.15, 0.2) is 0 Å². The SMILES string of the molecule is CCN(Cc1ccc(CN(C)C)cc1)C(=O)c1cc(C)c(OCc2cccnc2)c(C)c1. The van der Waals surface area contributed by atoms with E-state index < -0.39 is 0 Å². The maximum Gasteiger partial charge on any atom is 0.254 e. The summed E-state index contributed by atoms with van der Waals surface area (Å²) < 4.78 is 6.04. The summed E-state index contributed by atoms with van der Waals surface area (Å²) in [5.41, 5.74) is 6.02. The number of carbonyl (C=O) groups excluding carboxylic acids is 1. The summed E-state index contributed by atoms with van der Waals surface area (Å²) in [5.74, 6) is 0.861. The molecule has 0 saturated carbocycles. The molecule has 0 aliphatic rings. The topological polar surface area (TPSA) is 45.7 Å². The van der Waals surface area contributed by atoms with Gasteiger partial charge in [-0.3, -0.25) is 9.78 Å². The van der Waals surface area contributed by atoms with Crippen molar-refractivity contribution >= 4 is 5.91 Å². The molecule has 0 aliphatic heterocycles. The van der Waals surface area contributed by atoms with Gasteiger partial charge in [0.25, 0.3) is 5.91 Å². The molecule has 0 spiro atoms. The first-order valence-corrected chi connectivity index (χ1v) is 11.0. The van der Waals surface area contributed by atoms with E-state index in [-0.39, 0.29) is 5.91 Å². The predicted octanol–water partition coefficient (Wildman–Crippen LogP) is 5.00. The minimum absolute atomic E-state index is 0.0369. The van der Waals surface area contributed by atoms with Crippen LogP contribution >= 0.6 is 0 Å². The monoisotopic (exact) mass is 431 g/mol. The summed E-state index contributed by atoms with van der Waals surface area (Å²) in [6, 6.07) is 16.2. The summed E-state index contributed by atoms with van der Waals surface area (Å²) in [6.07, 6.45) is 3.55. The van der Waals surface area contributed by atoms with Crippen molar-refractivity contribution in [3.05, 3.63) is 94.3 Å². The average molecular weight is 432 g/mol. The Morgan fingerprint density at radius 3 is 2.09 bits per heavy atom. The second-order valence-corrected chi connectivity index (χ2v) is 8.46. The second kappa shape index (κ2) is 10.9.